The third kappa shape index (κ3) is 4.47. The highest BCUT2D eigenvalue weighted by Gasteiger charge is 2.20. The van der Waals surface area contributed by atoms with Gasteiger partial charge in [0.1, 0.15) is 11.7 Å². The molecule has 28 heavy (non-hydrogen) atoms. The van der Waals surface area contributed by atoms with Crippen LogP contribution in [0.4, 0.5) is 0 Å². The van der Waals surface area contributed by atoms with Crippen LogP contribution in [-0.2, 0) is 9.59 Å². The van der Waals surface area contributed by atoms with Crippen LogP contribution in [-0.4, -0.2) is 35.7 Å². The molecule has 0 saturated heterocycles. The van der Waals surface area contributed by atoms with E-state index >= 15 is 0 Å². The Balaban J connectivity index is 1.88. The first kappa shape index (κ1) is 19.0. The fourth-order valence-corrected chi connectivity index (χ4v) is 2.45. The number of hydrogen-bond donors (Lipinski definition) is 3. The van der Waals surface area contributed by atoms with Crippen LogP contribution in [0, 0.1) is 0 Å². The van der Waals surface area contributed by atoms with E-state index in [-0.39, 0.29) is 12.5 Å². The molecule has 2 aromatic carbocycles. The molecule has 3 N–H and O–H groups in total. The summed E-state index contributed by atoms with van der Waals surface area (Å²) in [7, 11) is 0. The van der Waals surface area contributed by atoms with Crippen LogP contribution in [0.3, 0.4) is 0 Å². The van der Waals surface area contributed by atoms with Gasteiger partial charge in [0.25, 0.3) is 11.8 Å². The maximum atomic E-state index is 12.5. The minimum atomic E-state index is -1.19. The summed E-state index contributed by atoms with van der Waals surface area (Å²) in [6, 6.07) is 12.3. The molecule has 0 aliphatic carbocycles. The molecule has 0 fully saturated rings. The standard InChI is InChI=1S/C20H18N2O6/c1-12(20(25)26)21-19(24)15(22-18(23)14-5-3-2-4-6-14)9-13-7-8-16-17(10-13)28-11-27-16/h2-10,12H,11H2,1H3,(H,21,24)(H,22,23)(H,25,26)/b15-9-/t12-/m0/s1. The first-order valence-corrected chi connectivity index (χ1v) is 8.45. The van der Waals surface area contributed by atoms with E-state index in [0.717, 1.165) is 0 Å². The van der Waals surface area contributed by atoms with Gasteiger partial charge in [-0.1, -0.05) is 24.3 Å². The van der Waals surface area contributed by atoms with Crippen LogP contribution < -0.4 is 20.1 Å². The topological polar surface area (TPSA) is 114 Å². The minimum Gasteiger partial charge on any atom is -0.480 e. The van der Waals surface area contributed by atoms with Crippen molar-refractivity contribution in [2.24, 2.45) is 0 Å². The molecule has 0 spiro atoms. The average molecular weight is 382 g/mol. The highest BCUT2D eigenvalue weighted by atomic mass is 16.7. The Hall–Kier alpha value is -3.81. The molecule has 1 heterocycles. The Morgan fingerprint density at radius 3 is 2.50 bits per heavy atom. The Labute approximate surface area is 160 Å². The zero-order chi connectivity index (χ0) is 20.1. The number of carbonyl (C=O) groups excluding carboxylic acids is 2. The van der Waals surface area contributed by atoms with Crippen molar-refractivity contribution in [3.63, 3.8) is 0 Å². The number of carboxylic acids is 1. The van der Waals surface area contributed by atoms with Gasteiger partial charge >= 0.3 is 5.97 Å². The Bertz CT molecular complexity index is 939. The molecule has 144 valence electrons. The number of fused-ring (bicyclic) bond motifs is 1. The van der Waals surface area contributed by atoms with Gasteiger partial charge in [0, 0.05) is 5.56 Å². The Morgan fingerprint density at radius 2 is 1.79 bits per heavy atom. The summed E-state index contributed by atoms with van der Waals surface area (Å²) in [6.45, 7) is 1.44. The monoisotopic (exact) mass is 382 g/mol. The minimum absolute atomic E-state index is 0.0965. The number of hydrogen-bond acceptors (Lipinski definition) is 5. The van der Waals surface area contributed by atoms with Crippen molar-refractivity contribution in [3.05, 3.63) is 65.4 Å². The molecule has 0 saturated carbocycles. The van der Waals surface area contributed by atoms with Gasteiger partial charge in [0.15, 0.2) is 11.5 Å². The largest absolute Gasteiger partial charge is 0.480 e. The van der Waals surface area contributed by atoms with E-state index in [1.807, 2.05) is 0 Å². The molecule has 0 bridgehead atoms. The van der Waals surface area contributed by atoms with E-state index in [0.29, 0.717) is 22.6 Å². The predicted octanol–water partition coefficient (Wildman–Crippen LogP) is 1.78. The Morgan fingerprint density at radius 1 is 1.07 bits per heavy atom. The smallest absolute Gasteiger partial charge is 0.325 e. The van der Waals surface area contributed by atoms with Gasteiger partial charge in [-0.15, -0.1) is 0 Å². The number of rotatable bonds is 6. The van der Waals surface area contributed by atoms with Crippen LogP contribution in [0.1, 0.15) is 22.8 Å². The van der Waals surface area contributed by atoms with Gasteiger partial charge in [-0.2, -0.15) is 0 Å². The number of aliphatic carboxylic acids is 1. The number of carboxylic acid groups (broad SMARTS) is 1. The lowest BCUT2D eigenvalue weighted by molar-refractivity contribution is -0.140. The van der Waals surface area contributed by atoms with Gasteiger partial charge in [-0.05, 0) is 42.8 Å². The lowest BCUT2D eigenvalue weighted by Crippen LogP contribution is -2.42. The van der Waals surface area contributed by atoms with E-state index in [1.165, 1.54) is 13.0 Å². The highest BCUT2D eigenvalue weighted by molar-refractivity contribution is 6.06. The molecule has 2 aromatic rings. The fourth-order valence-electron chi connectivity index (χ4n) is 2.45. The summed E-state index contributed by atoms with van der Waals surface area (Å²) in [4.78, 5) is 36.0. The van der Waals surface area contributed by atoms with Gasteiger partial charge in [0.05, 0.1) is 0 Å². The molecule has 8 nitrogen and oxygen atoms in total. The zero-order valence-corrected chi connectivity index (χ0v) is 15.0. The molecule has 0 radical (unpaired) electrons. The second kappa shape index (κ2) is 8.26. The molecule has 2 amide bonds. The maximum Gasteiger partial charge on any atom is 0.325 e. The van der Waals surface area contributed by atoms with Crippen LogP contribution in [0.2, 0.25) is 0 Å². The van der Waals surface area contributed by atoms with Crippen molar-refractivity contribution < 1.29 is 29.0 Å². The quantitative estimate of drug-likeness (QED) is 0.656. The third-order valence-electron chi connectivity index (χ3n) is 3.95. The first-order chi connectivity index (χ1) is 13.4. The molecule has 0 aromatic heterocycles. The summed E-state index contributed by atoms with van der Waals surface area (Å²) < 4.78 is 10.6. The number of ether oxygens (including phenoxy) is 2. The summed E-state index contributed by atoms with van der Waals surface area (Å²) in [5.41, 5.74) is 0.838. The van der Waals surface area contributed by atoms with Crippen molar-refractivity contribution in [1.29, 1.82) is 0 Å². The molecule has 0 unspecified atom stereocenters. The number of amides is 2. The fraction of sp³-hybridized carbons (Fsp3) is 0.150. The molecular formula is C20H18N2O6. The van der Waals surface area contributed by atoms with Crippen molar-refractivity contribution in [2.45, 2.75) is 13.0 Å². The highest BCUT2D eigenvalue weighted by Crippen LogP contribution is 2.33. The molecular weight excluding hydrogens is 364 g/mol. The van der Waals surface area contributed by atoms with E-state index in [2.05, 4.69) is 10.6 Å². The number of carbonyl (C=O) groups is 3. The second-order valence-corrected chi connectivity index (χ2v) is 6.02. The van der Waals surface area contributed by atoms with Crippen LogP contribution in [0.5, 0.6) is 11.5 Å². The molecule has 1 aliphatic rings. The van der Waals surface area contributed by atoms with Crippen molar-refractivity contribution >= 4 is 23.9 Å². The molecule has 1 aliphatic heterocycles. The van der Waals surface area contributed by atoms with Gasteiger partial charge in [-0.3, -0.25) is 14.4 Å². The van der Waals surface area contributed by atoms with E-state index in [9.17, 15) is 14.4 Å². The van der Waals surface area contributed by atoms with Gasteiger partial charge in [0.2, 0.25) is 6.79 Å². The summed E-state index contributed by atoms with van der Waals surface area (Å²) in [6.07, 6.45) is 1.44. The van der Waals surface area contributed by atoms with Crippen LogP contribution in [0.15, 0.2) is 54.2 Å². The Kier molecular flexibility index (Phi) is 5.59. The van der Waals surface area contributed by atoms with Gasteiger partial charge < -0.3 is 25.2 Å². The third-order valence-corrected chi connectivity index (χ3v) is 3.95. The predicted molar refractivity (Wildman–Crippen MR) is 99.7 cm³/mol. The van der Waals surface area contributed by atoms with E-state index in [1.54, 1.807) is 48.5 Å². The SMILES string of the molecule is C[C@H](NC(=O)/C(=C/c1ccc2c(c1)OCO2)NC(=O)c1ccccc1)C(=O)O. The van der Waals surface area contributed by atoms with E-state index in [4.69, 9.17) is 14.6 Å². The lowest BCUT2D eigenvalue weighted by Gasteiger charge is -2.13. The molecule has 3 rings (SSSR count). The first-order valence-electron chi connectivity index (χ1n) is 8.45. The van der Waals surface area contributed by atoms with Crippen molar-refractivity contribution in [1.82, 2.24) is 10.6 Å². The van der Waals surface area contributed by atoms with Crippen LogP contribution >= 0.6 is 0 Å². The zero-order valence-electron chi connectivity index (χ0n) is 15.0. The second-order valence-electron chi connectivity index (χ2n) is 6.02. The maximum absolute atomic E-state index is 12.5. The van der Waals surface area contributed by atoms with Crippen molar-refractivity contribution in [3.8, 4) is 11.5 Å². The summed E-state index contributed by atoms with van der Waals surface area (Å²) >= 11 is 0. The molecule has 1 atom stereocenters. The number of benzene rings is 2. The lowest BCUT2D eigenvalue weighted by atomic mass is 10.1. The normalized spacial score (nSPS) is 13.5. The average Bonchev–Trinajstić information content (AvgIpc) is 3.15. The van der Waals surface area contributed by atoms with Crippen LogP contribution in [0.25, 0.3) is 6.08 Å². The summed E-state index contributed by atoms with van der Waals surface area (Å²) in [5, 5.41) is 13.9. The number of nitrogens with one attached hydrogen (secondary N) is 2. The van der Waals surface area contributed by atoms with E-state index < -0.39 is 23.8 Å². The van der Waals surface area contributed by atoms with Gasteiger partial charge in [-0.25, -0.2) is 0 Å². The van der Waals surface area contributed by atoms with Crippen molar-refractivity contribution in [2.75, 3.05) is 6.79 Å². The molecule has 8 heteroatoms. The summed E-state index contributed by atoms with van der Waals surface area (Å²) in [5.74, 6) is -1.31.